The third-order valence-corrected chi connectivity index (χ3v) is 7.99. The molecule has 0 amide bonds. The number of benzene rings is 1. The van der Waals surface area contributed by atoms with Gasteiger partial charge in [-0.25, -0.2) is 22.3 Å². The maximum Gasteiger partial charge on any atom is 0.277 e. The molecule has 2 aromatic heterocycles. The number of aromatic nitrogens is 4. The van der Waals surface area contributed by atoms with Crippen LogP contribution in [-0.2, 0) is 16.4 Å². The number of hydrogen-bond donors (Lipinski definition) is 1. The molecular formula is C23H31FN6O4S. The van der Waals surface area contributed by atoms with Gasteiger partial charge in [0.25, 0.3) is 5.56 Å². The fourth-order valence-electron chi connectivity index (χ4n) is 4.34. The van der Waals surface area contributed by atoms with Crippen molar-refractivity contribution in [1.29, 1.82) is 0 Å². The molecule has 0 unspecified atom stereocenters. The topological polar surface area (TPSA) is 113 Å². The number of H-pyrrole nitrogens is 1. The van der Waals surface area contributed by atoms with E-state index in [1.165, 1.54) is 21.0 Å². The lowest BCUT2D eigenvalue weighted by Crippen LogP contribution is -2.49. The van der Waals surface area contributed by atoms with Crippen LogP contribution in [0.15, 0.2) is 27.9 Å². The van der Waals surface area contributed by atoms with Crippen LogP contribution in [0.5, 0.6) is 5.75 Å². The summed E-state index contributed by atoms with van der Waals surface area (Å²) < 4.78 is 48.2. The molecule has 12 heteroatoms. The van der Waals surface area contributed by atoms with Crippen LogP contribution < -0.4 is 10.3 Å². The number of nitrogens with one attached hydrogen (secondary N) is 1. The highest BCUT2D eigenvalue weighted by atomic mass is 32.2. The Hall–Kier alpha value is -2.83. The largest absolute Gasteiger partial charge is 0.493 e. The first-order valence-electron chi connectivity index (χ1n) is 11.8. The van der Waals surface area contributed by atoms with E-state index in [9.17, 15) is 17.6 Å². The summed E-state index contributed by atoms with van der Waals surface area (Å²) in [5.41, 5.74) is 0.964. The quantitative estimate of drug-likeness (QED) is 0.473. The van der Waals surface area contributed by atoms with Crippen LogP contribution >= 0.6 is 0 Å². The smallest absolute Gasteiger partial charge is 0.277 e. The molecule has 0 saturated carbocycles. The summed E-state index contributed by atoms with van der Waals surface area (Å²) in [4.78, 5) is 22.2. The number of alkyl halides is 1. The van der Waals surface area contributed by atoms with Gasteiger partial charge in [0, 0.05) is 39.1 Å². The van der Waals surface area contributed by atoms with E-state index in [2.05, 4.69) is 15.1 Å². The van der Waals surface area contributed by atoms with Crippen molar-refractivity contribution in [3.8, 4) is 17.1 Å². The Morgan fingerprint density at radius 2 is 1.91 bits per heavy atom. The molecule has 1 aromatic carbocycles. The molecule has 190 valence electrons. The Bertz CT molecular complexity index is 1360. The van der Waals surface area contributed by atoms with Gasteiger partial charge in [-0.05, 0) is 38.5 Å². The molecule has 1 saturated heterocycles. The first-order chi connectivity index (χ1) is 16.8. The second-order valence-electron chi connectivity index (χ2n) is 8.45. The molecule has 4 rings (SSSR count). The minimum atomic E-state index is -3.81. The van der Waals surface area contributed by atoms with Crippen molar-refractivity contribution in [2.45, 2.75) is 38.5 Å². The molecule has 0 radical (unpaired) electrons. The Morgan fingerprint density at radius 1 is 1.17 bits per heavy atom. The first kappa shape index (κ1) is 25.3. The number of piperazine rings is 1. The molecule has 0 atom stereocenters. The maximum atomic E-state index is 13.4. The van der Waals surface area contributed by atoms with Crippen molar-refractivity contribution in [3.63, 3.8) is 0 Å². The summed E-state index contributed by atoms with van der Waals surface area (Å²) in [5.74, 6) is 1.28. The third kappa shape index (κ3) is 4.95. The number of rotatable bonds is 9. The Labute approximate surface area is 203 Å². The van der Waals surface area contributed by atoms with Gasteiger partial charge < -0.3 is 9.72 Å². The first-order valence-corrected chi connectivity index (χ1v) is 13.3. The molecule has 1 aliphatic rings. The molecule has 1 fully saturated rings. The highest BCUT2D eigenvalue weighted by Crippen LogP contribution is 2.31. The highest BCUT2D eigenvalue weighted by molar-refractivity contribution is 7.89. The number of aryl methyl sites for hydroxylation is 2. The molecule has 3 heterocycles. The number of imidazole rings is 1. The second-order valence-corrected chi connectivity index (χ2v) is 10.4. The van der Waals surface area contributed by atoms with E-state index in [0.717, 1.165) is 6.42 Å². The van der Waals surface area contributed by atoms with Gasteiger partial charge in [0.05, 0.1) is 22.8 Å². The van der Waals surface area contributed by atoms with Crippen LogP contribution in [-0.4, -0.2) is 83.2 Å². The maximum absolute atomic E-state index is 13.4. The van der Waals surface area contributed by atoms with Gasteiger partial charge in [-0.1, -0.05) is 6.92 Å². The molecular weight excluding hydrogens is 474 g/mol. The molecule has 3 aromatic rings. The number of nitrogens with zero attached hydrogens (tertiary/aromatic N) is 5. The zero-order valence-corrected chi connectivity index (χ0v) is 21.1. The van der Waals surface area contributed by atoms with Gasteiger partial charge in [0.2, 0.25) is 10.0 Å². The SMILES string of the molecule is CCCc1nc(C)c2c(=O)[nH]c(-c3cc(S(=O)(=O)N4CCN(CC[18F])CC4)ccc3OCC)nn12. The van der Waals surface area contributed by atoms with Crippen molar-refractivity contribution in [1.82, 2.24) is 28.8 Å². The van der Waals surface area contributed by atoms with E-state index >= 15 is 0 Å². The van der Waals surface area contributed by atoms with Crippen LogP contribution in [0.1, 0.15) is 31.8 Å². The zero-order chi connectivity index (χ0) is 25.2. The highest BCUT2D eigenvalue weighted by Gasteiger charge is 2.29. The van der Waals surface area contributed by atoms with Crippen LogP contribution in [0.2, 0.25) is 0 Å². The Balaban J connectivity index is 1.78. The number of sulfonamides is 1. The minimum absolute atomic E-state index is 0.0771. The van der Waals surface area contributed by atoms with Crippen molar-refractivity contribution in [3.05, 3.63) is 40.1 Å². The summed E-state index contributed by atoms with van der Waals surface area (Å²) in [5, 5.41) is 4.62. The van der Waals surface area contributed by atoms with Crippen LogP contribution in [0.25, 0.3) is 16.9 Å². The standard InChI is InChI=1S/C23H31FN6O4S/c1-4-6-20-25-16(3)21-23(31)26-22(27-30(20)21)18-15-17(7-8-19(18)34-5-2)35(32,33)29-13-11-28(10-9-24)12-14-29/h7-8,15H,4-6,9-14H2,1-3H3,(H,26,27,31)/i24-1. The van der Waals surface area contributed by atoms with Gasteiger partial charge in [0.1, 0.15) is 18.2 Å². The number of fused-ring (bicyclic) bond motifs is 1. The van der Waals surface area contributed by atoms with Crippen LogP contribution in [0.4, 0.5) is 4.39 Å². The third-order valence-electron chi connectivity index (χ3n) is 6.09. The van der Waals surface area contributed by atoms with E-state index in [0.29, 0.717) is 61.0 Å². The monoisotopic (exact) mass is 505 g/mol. The van der Waals surface area contributed by atoms with E-state index < -0.39 is 16.7 Å². The van der Waals surface area contributed by atoms with Crippen molar-refractivity contribution < 1.29 is 17.5 Å². The number of ether oxygens (including phenoxy) is 1. The average Bonchev–Trinajstić information content (AvgIpc) is 3.15. The molecule has 0 bridgehead atoms. The van der Waals surface area contributed by atoms with Crippen LogP contribution in [0.3, 0.4) is 0 Å². The van der Waals surface area contributed by atoms with Gasteiger partial charge in [-0.15, -0.1) is 5.10 Å². The lowest BCUT2D eigenvalue weighted by atomic mass is 10.2. The van der Waals surface area contributed by atoms with Gasteiger partial charge >= 0.3 is 0 Å². The Morgan fingerprint density at radius 3 is 2.57 bits per heavy atom. The van der Waals surface area contributed by atoms with Gasteiger partial charge in [0.15, 0.2) is 11.3 Å². The van der Waals surface area contributed by atoms with E-state index in [1.54, 1.807) is 13.0 Å². The summed E-state index contributed by atoms with van der Waals surface area (Å²) >= 11 is 0. The molecule has 35 heavy (non-hydrogen) atoms. The van der Waals surface area contributed by atoms with E-state index in [4.69, 9.17) is 4.74 Å². The zero-order valence-electron chi connectivity index (χ0n) is 20.3. The van der Waals surface area contributed by atoms with Gasteiger partial charge in [-0.3, -0.25) is 9.69 Å². The molecule has 0 aliphatic carbocycles. The summed E-state index contributed by atoms with van der Waals surface area (Å²) in [6.07, 6.45) is 1.48. The average molecular weight is 506 g/mol. The molecule has 1 aliphatic heterocycles. The predicted octanol–water partition coefficient (Wildman–Crippen LogP) is 2.02. The number of hydrogen-bond acceptors (Lipinski definition) is 7. The fraction of sp³-hybridized carbons (Fsp3) is 0.522. The van der Waals surface area contributed by atoms with Crippen molar-refractivity contribution >= 4 is 15.5 Å². The summed E-state index contributed by atoms with van der Waals surface area (Å²) in [6, 6.07) is 4.57. The molecule has 10 nitrogen and oxygen atoms in total. The van der Waals surface area contributed by atoms with Crippen LogP contribution in [0, 0.1) is 6.92 Å². The fourth-order valence-corrected chi connectivity index (χ4v) is 5.79. The second kappa shape index (κ2) is 10.4. The minimum Gasteiger partial charge on any atom is -0.493 e. The predicted molar refractivity (Wildman–Crippen MR) is 130 cm³/mol. The lowest BCUT2D eigenvalue weighted by Gasteiger charge is -2.33. The molecule has 0 spiro atoms. The summed E-state index contributed by atoms with van der Waals surface area (Å²) in [7, 11) is -3.81. The van der Waals surface area contributed by atoms with Crippen molar-refractivity contribution in [2.24, 2.45) is 0 Å². The van der Waals surface area contributed by atoms with E-state index in [-0.39, 0.29) is 29.4 Å². The van der Waals surface area contributed by atoms with Gasteiger partial charge in [-0.2, -0.15) is 4.31 Å². The Kier molecular flexibility index (Phi) is 7.53. The summed E-state index contributed by atoms with van der Waals surface area (Å²) in [6.45, 7) is 7.30. The number of halogens is 1. The number of aromatic amines is 1. The lowest BCUT2D eigenvalue weighted by molar-refractivity contribution is 0.177. The normalized spacial score (nSPS) is 15.7. The molecule has 1 N–H and O–H groups in total. The van der Waals surface area contributed by atoms with Crippen molar-refractivity contribution in [2.75, 3.05) is 46.0 Å². The van der Waals surface area contributed by atoms with E-state index in [1.807, 2.05) is 18.7 Å².